The molecule has 0 aliphatic rings. The van der Waals surface area contributed by atoms with Crippen molar-refractivity contribution in [1.29, 1.82) is 0 Å². The van der Waals surface area contributed by atoms with Crippen molar-refractivity contribution < 1.29 is 18.3 Å². The molecule has 0 radical (unpaired) electrons. The highest BCUT2D eigenvalue weighted by Crippen LogP contribution is 2.29. The van der Waals surface area contributed by atoms with Crippen LogP contribution in [0, 0.1) is 0 Å². The predicted molar refractivity (Wildman–Crippen MR) is 93.7 cm³/mol. The van der Waals surface area contributed by atoms with Gasteiger partial charge in [-0.2, -0.15) is 13.9 Å². The lowest BCUT2D eigenvalue weighted by Crippen LogP contribution is -2.14. The molecule has 0 unspecified atom stereocenters. The number of fused-ring (bicyclic) bond motifs is 1. The van der Waals surface area contributed by atoms with Gasteiger partial charge in [0.05, 0.1) is 22.4 Å². The molecule has 7 nitrogen and oxygen atoms in total. The summed E-state index contributed by atoms with van der Waals surface area (Å²) >= 11 is 7.09. The number of aromatic nitrogens is 4. The molecular weight excluding hydrogens is 388 g/mol. The number of alkyl halides is 2. The van der Waals surface area contributed by atoms with Crippen LogP contribution in [0.3, 0.4) is 0 Å². The van der Waals surface area contributed by atoms with Crippen LogP contribution in [-0.2, 0) is 11.8 Å². The van der Waals surface area contributed by atoms with Crippen LogP contribution in [0.25, 0.3) is 11.0 Å². The van der Waals surface area contributed by atoms with E-state index in [-0.39, 0.29) is 22.4 Å². The summed E-state index contributed by atoms with van der Waals surface area (Å²) in [5.41, 5.74) is 1.04. The number of nitrogens with zero attached hydrogens (tertiary/aromatic N) is 4. The number of carbonyl (C=O) groups excluding carboxylic acids is 1. The third kappa shape index (κ3) is 4.20. The summed E-state index contributed by atoms with van der Waals surface area (Å²) in [7, 11) is 1.77. The van der Waals surface area contributed by atoms with Gasteiger partial charge in [-0.15, -0.1) is 0 Å². The van der Waals surface area contributed by atoms with Gasteiger partial charge in [-0.25, -0.2) is 9.97 Å². The number of anilines is 1. The highest BCUT2D eigenvalue weighted by atomic mass is 35.5. The van der Waals surface area contributed by atoms with Gasteiger partial charge < -0.3 is 10.1 Å². The maximum Gasteiger partial charge on any atom is 0.387 e. The first kappa shape index (κ1) is 18.3. The Balaban J connectivity index is 1.63. The van der Waals surface area contributed by atoms with Gasteiger partial charge in [0.2, 0.25) is 5.91 Å². The number of benzene rings is 1. The second-order valence-corrected chi connectivity index (χ2v) is 6.42. The van der Waals surface area contributed by atoms with Crippen LogP contribution >= 0.6 is 23.4 Å². The van der Waals surface area contributed by atoms with Gasteiger partial charge in [0.25, 0.3) is 0 Å². The fourth-order valence-corrected chi connectivity index (χ4v) is 3.14. The van der Waals surface area contributed by atoms with Crippen molar-refractivity contribution >= 4 is 46.0 Å². The Bertz CT molecular complexity index is 953. The van der Waals surface area contributed by atoms with E-state index in [4.69, 9.17) is 11.6 Å². The molecule has 1 aromatic carbocycles. The number of hydrogen-bond acceptors (Lipinski definition) is 6. The van der Waals surface area contributed by atoms with Gasteiger partial charge in [-0.3, -0.25) is 9.48 Å². The zero-order chi connectivity index (χ0) is 18.7. The van der Waals surface area contributed by atoms with Crippen LogP contribution < -0.4 is 10.1 Å². The molecule has 3 rings (SSSR count). The number of ether oxygens (including phenoxy) is 1. The third-order valence-electron chi connectivity index (χ3n) is 3.26. The van der Waals surface area contributed by atoms with Gasteiger partial charge in [0.1, 0.15) is 17.1 Å². The number of carbonyl (C=O) groups is 1. The molecule has 0 aliphatic carbocycles. The van der Waals surface area contributed by atoms with Gasteiger partial charge in [-0.05, 0) is 18.2 Å². The number of aryl methyl sites for hydroxylation is 1. The molecule has 26 heavy (non-hydrogen) atoms. The van der Waals surface area contributed by atoms with Crippen molar-refractivity contribution in [2.75, 3.05) is 11.1 Å². The molecule has 11 heteroatoms. The summed E-state index contributed by atoms with van der Waals surface area (Å²) < 4.78 is 30.3. The molecule has 1 amide bonds. The first-order valence-electron chi connectivity index (χ1n) is 7.24. The van der Waals surface area contributed by atoms with Crippen molar-refractivity contribution in [3.05, 3.63) is 35.7 Å². The second-order valence-electron chi connectivity index (χ2n) is 5.04. The van der Waals surface area contributed by atoms with Gasteiger partial charge >= 0.3 is 6.61 Å². The summed E-state index contributed by atoms with van der Waals surface area (Å²) in [6, 6.07) is 4.03. The highest BCUT2D eigenvalue weighted by Gasteiger charge is 2.12. The fourth-order valence-electron chi connectivity index (χ4n) is 2.16. The average molecular weight is 400 g/mol. The van der Waals surface area contributed by atoms with Crippen molar-refractivity contribution in [3.63, 3.8) is 0 Å². The minimum atomic E-state index is -2.97. The first-order chi connectivity index (χ1) is 12.4. The number of rotatable bonds is 6. The number of nitrogens with one attached hydrogen (secondary N) is 1. The second kappa shape index (κ2) is 7.83. The highest BCUT2D eigenvalue weighted by molar-refractivity contribution is 8.00. The van der Waals surface area contributed by atoms with E-state index < -0.39 is 6.61 Å². The summed E-state index contributed by atoms with van der Waals surface area (Å²) in [5, 5.41) is 8.11. The van der Waals surface area contributed by atoms with Crippen molar-refractivity contribution in [2.24, 2.45) is 7.05 Å². The van der Waals surface area contributed by atoms with E-state index in [1.165, 1.54) is 36.3 Å². The van der Waals surface area contributed by atoms with E-state index in [9.17, 15) is 13.6 Å². The van der Waals surface area contributed by atoms with Crippen LogP contribution in [-0.4, -0.2) is 38.0 Å². The third-order valence-corrected chi connectivity index (χ3v) is 4.57. The smallest absolute Gasteiger partial charge is 0.387 e. The number of thioether (sulfide) groups is 1. The molecule has 136 valence electrons. The van der Waals surface area contributed by atoms with E-state index in [1.54, 1.807) is 17.9 Å². The topological polar surface area (TPSA) is 81.9 Å². The molecule has 3 aromatic rings. The van der Waals surface area contributed by atoms with E-state index in [0.717, 1.165) is 5.39 Å². The van der Waals surface area contributed by atoms with E-state index >= 15 is 0 Å². The average Bonchev–Trinajstić information content (AvgIpc) is 2.97. The Hall–Kier alpha value is -2.46. The van der Waals surface area contributed by atoms with Crippen LogP contribution in [0.2, 0.25) is 5.02 Å². The maximum atomic E-state index is 12.2. The Labute approximate surface area is 155 Å². The van der Waals surface area contributed by atoms with Gasteiger partial charge in [0, 0.05) is 12.7 Å². The molecule has 2 heterocycles. The van der Waals surface area contributed by atoms with Gasteiger partial charge in [0.15, 0.2) is 5.65 Å². The number of hydrogen-bond donors (Lipinski definition) is 1. The zero-order valence-electron chi connectivity index (χ0n) is 13.3. The lowest BCUT2D eigenvalue weighted by atomic mass is 10.3. The SMILES string of the molecule is Cn1ncc2c(SCC(=O)Nc3ccc(OC(F)F)c(Cl)c3)ncnc21. The summed E-state index contributed by atoms with van der Waals surface area (Å²) in [5.74, 6) is -0.369. The normalized spacial score (nSPS) is 11.1. The number of halogens is 3. The molecule has 0 spiro atoms. The lowest BCUT2D eigenvalue weighted by Gasteiger charge is -2.09. The molecule has 0 atom stereocenters. The van der Waals surface area contributed by atoms with Crippen LogP contribution in [0.5, 0.6) is 5.75 Å². The maximum absolute atomic E-state index is 12.2. The summed E-state index contributed by atoms with van der Waals surface area (Å²) in [6.45, 7) is -2.97. The monoisotopic (exact) mass is 399 g/mol. The summed E-state index contributed by atoms with van der Waals surface area (Å²) in [6.07, 6.45) is 3.04. The Morgan fingerprint density at radius 1 is 1.42 bits per heavy atom. The fraction of sp³-hybridized carbons (Fsp3) is 0.200. The number of amides is 1. The predicted octanol–water partition coefficient (Wildman–Crippen LogP) is 3.35. The Kier molecular flexibility index (Phi) is 5.52. The largest absolute Gasteiger partial charge is 0.433 e. The van der Waals surface area contributed by atoms with Crippen LogP contribution in [0.4, 0.5) is 14.5 Å². The molecule has 0 saturated carbocycles. The standard InChI is InChI=1S/C15H12ClF2N5O2S/c1-23-13-9(5-21-23)14(20-7-19-13)26-6-12(24)22-8-2-3-11(10(16)4-8)25-15(17)18/h2-5,7,15H,6H2,1H3,(H,22,24). The molecule has 0 saturated heterocycles. The quantitative estimate of drug-likeness (QED) is 0.505. The van der Waals surface area contributed by atoms with E-state index in [2.05, 4.69) is 25.1 Å². The molecule has 0 bridgehead atoms. The van der Waals surface area contributed by atoms with E-state index in [1.807, 2.05) is 0 Å². The molecular formula is C15H12ClF2N5O2S. The molecule has 1 N–H and O–H groups in total. The zero-order valence-corrected chi connectivity index (χ0v) is 14.9. The molecule has 0 aliphatic heterocycles. The van der Waals surface area contributed by atoms with Crippen molar-refractivity contribution in [2.45, 2.75) is 11.6 Å². The van der Waals surface area contributed by atoms with Crippen LogP contribution in [0.15, 0.2) is 35.7 Å². The van der Waals surface area contributed by atoms with Crippen LogP contribution in [0.1, 0.15) is 0 Å². The Morgan fingerprint density at radius 2 is 2.23 bits per heavy atom. The summed E-state index contributed by atoms with van der Waals surface area (Å²) in [4.78, 5) is 20.4. The minimum Gasteiger partial charge on any atom is -0.433 e. The van der Waals surface area contributed by atoms with E-state index in [0.29, 0.717) is 16.4 Å². The first-order valence-corrected chi connectivity index (χ1v) is 8.60. The molecule has 0 fully saturated rings. The van der Waals surface area contributed by atoms with Crippen molar-refractivity contribution in [1.82, 2.24) is 19.7 Å². The lowest BCUT2D eigenvalue weighted by molar-refractivity contribution is -0.113. The molecule has 2 aromatic heterocycles. The minimum absolute atomic E-state index is 0.0244. The van der Waals surface area contributed by atoms with Crippen molar-refractivity contribution in [3.8, 4) is 5.75 Å². The van der Waals surface area contributed by atoms with Gasteiger partial charge in [-0.1, -0.05) is 23.4 Å². The Morgan fingerprint density at radius 3 is 2.96 bits per heavy atom.